The standard InChI is InChI=1S/C17H21NO7S/c1-11(25-16(19)7-13-4-5-26(21,22)9-13)17(20)18-8-12-2-3-14-15(6-12)24-10-23-14/h2-3,6,11,13H,4-5,7-10H2,1H3,(H,18,20)/t11-,13-/m0/s1. The summed E-state index contributed by atoms with van der Waals surface area (Å²) in [4.78, 5) is 24.0. The molecule has 0 aliphatic carbocycles. The second-order valence-electron chi connectivity index (χ2n) is 6.51. The summed E-state index contributed by atoms with van der Waals surface area (Å²) in [5.74, 6) is 0.201. The number of fused-ring (bicyclic) bond motifs is 1. The molecule has 1 N–H and O–H groups in total. The van der Waals surface area contributed by atoms with Crippen molar-refractivity contribution < 1.29 is 32.2 Å². The van der Waals surface area contributed by atoms with Crippen LogP contribution in [0.4, 0.5) is 0 Å². The van der Waals surface area contributed by atoms with Gasteiger partial charge in [0.2, 0.25) is 6.79 Å². The van der Waals surface area contributed by atoms with Crippen molar-refractivity contribution in [3.05, 3.63) is 23.8 Å². The summed E-state index contributed by atoms with van der Waals surface area (Å²) >= 11 is 0. The van der Waals surface area contributed by atoms with Crippen LogP contribution >= 0.6 is 0 Å². The molecule has 1 aromatic carbocycles. The van der Waals surface area contributed by atoms with E-state index in [9.17, 15) is 18.0 Å². The van der Waals surface area contributed by atoms with Crippen molar-refractivity contribution in [1.82, 2.24) is 5.32 Å². The molecule has 2 aliphatic rings. The van der Waals surface area contributed by atoms with Crippen LogP contribution in [0.5, 0.6) is 11.5 Å². The Balaban J connectivity index is 1.43. The fourth-order valence-corrected chi connectivity index (χ4v) is 4.81. The molecular formula is C17H21NO7S. The van der Waals surface area contributed by atoms with Crippen LogP contribution < -0.4 is 14.8 Å². The number of ether oxygens (including phenoxy) is 3. The summed E-state index contributed by atoms with van der Waals surface area (Å²) in [6.45, 7) is 1.93. The summed E-state index contributed by atoms with van der Waals surface area (Å²) < 4.78 is 38.4. The molecule has 142 valence electrons. The molecule has 8 nitrogen and oxygen atoms in total. The first-order chi connectivity index (χ1) is 12.3. The number of esters is 1. The maximum absolute atomic E-state index is 12.1. The minimum atomic E-state index is -3.04. The summed E-state index contributed by atoms with van der Waals surface area (Å²) in [6, 6.07) is 5.35. The Bertz CT molecular complexity index is 805. The summed E-state index contributed by atoms with van der Waals surface area (Å²) in [7, 11) is -3.04. The minimum Gasteiger partial charge on any atom is -0.454 e. The van der Waals surface area contributed by atoms with Crippen molar-refractivity contribution in [2.75, 3.05) is 18.3 Å². The molecule has 2 heterocycles. The molecule has 0 unspecified atom stereocenters. The Morgan fingerprint density at radius 3 is 2.81 bits per heavy atom. The van der Waals surface area contributed by atoms with Crippen LogP contribution in [0, 0.1) is 5.92 Å². The van der Waals surface area contributed by atoms with E-state index in [1.807, 2.05) is 6.07 Å². The van der Waals surface area contributed by atoms with E-state index in [0.717, 1.165) is 5.56 Å². The number of sulfone groups is 1. The zero-order valence-electron chi connectivity index (χ0n) is 14.4. The fourth-order valence-electron chi connectivity index (χ4n) is 2.95. The number of rotatable bonds is 6. The van der Waals surface area contributed by atoms with E-state index in [2.05, 4.69) is 5.32 Å². The van der Waals surface area contributed by atoms with Gasteiger partial charge in [-0.3, -0.25) is 9.59 Å². The van der Waals surface area contributed by atoms with Crippen LogP contribution in [-0.4, -0.2) is 44.7 Å². The van der Waals surface area contributed by atoms with E-state index >= 15 is 0 Å². The van der Waals surface area contributed by atoms with Gasteiger partial charge in [0.1, 0.15) is 0 Å². The molecule has 1 fully saturated rings. The van der Waals surface area contributed by atoms with Crippen LogP contribution in [0.2, 0.25) is 0 Å². The number of amides is 1. The van der Waals surface area contributed by atoms with Crippen LogP contribution in [0.25, 0.3) is 0 Å². The van der Waals surface area contributed by atoms with Gasteiger partial charge < -0.3 is 19.5 Å². The summed E-state index contributed by atoms with van der Waals surface area (Å²) in [5, 5.41) is 2.69. The van der Waals surface area contributed by atoms with Gasteiger partial charge >= 0.3 is 5.97 Å². The molecule has 3 rings (SSSR count). The second kappa shape index (κ2) is 7.53. The van der Waals surface area contributed by atoms with Gasteiger partial charge in [0.15, 0.2) is 27.4 Å². The van der Waals surface area contributed by atoms with Gasteiger partial charge in [0, 0.05) is 13.0 Å². The predicted molar refractivity (Wildman–Crippen MR) is 91.3 cm³/mol. The molecule has 0 bridgehead atoms. The molecule has 2 aliphatic heterocycles. The molecule has 1 amide bonds. The number of carbonyl (C=O) groups is 2. The SMILES string of the molecule is C[C@H](OC(=O)C[C@@H]1CCS(=O)(=O)C1)C(=O)NCc1ccc2c(c1)OCO2. The van der Waals surface area contributed by atoms with Crippen molar-refractivity contribution >= 4 is 21.7 Å². The maximum atomic E-state index is 12.1. The number of hydrogen-bond donors (Lipinski definition) is 1. The Labute approximate surface area is 151 Å². The van der Waals surface area contributed by atoms with Gasteiger partial charge in [-0.2, -0.15) is 0 Å². The first-order valence-electron chi connectivity index (χ1n) is 8.38. The van der Waals surface area contributed by atoms with E-state index in [1.165, 1.54) is 6.92 Å². The molecule has 0 saturated carbocycles. The molecule has 0 radical (unpaired) electrons. The predicted octanol–water partition coefficient (Wildman–Crippen LogP) is 0.788. The van der Waals surface area contributed by atoms with Crippen molar-refractivity contribution in [2.24, 2.45) is 5.92 Å². The monoisotopic (exact) mass is 383 g/mol. The third kappa shape index (κ3) is 4.66. The normalized spacial score (nSPS) is 21.2. The Kier molecular flexibility index (Phi) is 5.36. The highest BCUT2D eigenvalue weighted by Crippen LogP contribution is 2.32. The Morgan fingerprint density at radius 2 is 2.08 bits per heavy atom. The van der Waals surface area contributed by atoms with Crippen LogP contribution in [0.15, 0.2) is 18.2 Å². The smallest absolute Gasteiger partial charge is 0.306 e. The fraction of sp³-hybridized carbons (Fsp3) is 0.529. The number of hydrogen-bond acceptors (Lipinski definition) is 7. The van der Waals surface area contributed by atoms with E-state index in [-0.39, 0.29) is 37.2 Å². The molecule has 9 heteroatoms. The molecular weight excluding hydrogens is 362 g/mol. The average molecular weight is 383 g/mol. The number of carbonyl (C=O) groups excluding carboxylic acids is 2. The summed E-state index contributed by atoms with van der Waals surface area (Å²) in [5.41, 5.74) is 0.831. The minimum absolute atomic E-state index is 0.00674. The first-order valence-corrected chi connectivity index (χ1v) is 10.2. The maximum Gasteiger partial charge on any atom is 0.306 e. The van der Waals surface area contributed by atoms with Gasteiger partial charge in [-0.15, -0.1) is 0 Å². The molecule has 2 atom stereocenters. The molecule has 26 heavy (non-hydrogen) atoms. The average Bonchev–Trinajstić information content (AvgIpc) is 3.17. The summed E-state index contributed by atoms with van der Waals surface area (Å²) in [6.07, 6.45) is -0.476. The highest BCUT2D eigenvalue weighted by Gasteiger charge is 2.30. The lowest BCUT2D eigenvalue weighted by atomic mass is 10.1. The lowest BCUT2D eigenvalue weighted by molar-refractivity contribution is -0.155. The third-order valence-corrected chi connectivity index (χ3v) is 6.20. The van der Waals surface area contributed by atoms with Gasteiger partial charge in [0.05, 0.1) is 11.5 Å². The molecule has 0 aromatic heterocycles. The Hall–Kier alpha value is -2.29. The van der Waals surface area contributed by atoms with Gasteiger partial charge in [0.25, 0.3) is 5.91 Å². The van der Waals surface area contributed by atoms with Crippen molar-refractivity contribution in [3.63, 3.8) is 0 Å². The molecule has 0 spiro atoms. The van der Waals surface area contributed by atoms with Crippen molar-refractivity contribution in [3.8, 4) is 11.5 Å². The largest absolute Gasteiger partial charge is 0.454 e. The highest BCUT2D eigenvalue weighted by molar-refractivity contribution is 7.91. The van der Waals surface area contributed by atoms with E-state index in [4.69, 9.17) is 14.2 Å². The van der Waals surface area contributed by atoms with Crippen LogP contribution in [-0.2, 0) is 30.7 Å². The number of nitrogens with one attached hydrogen (secondary N) is 1. The zero-order valence-corrected chi connectivity index (χ0v) is 15.2. The first kappa shape index (κ1) is 18.5. The van der Waals surface area contributed by atoms with Crippen LogP contribution in [0.3, 0.4) is 0 Å². The van der Waals surface area contributed by atoms with Crippen LogP contribution in [0.1, 0.15) is 25.3 Å². The van der Waals surface area contributed by atoms with E-state index in [1.54, 1.807) is 12.1 Å². The topological polar surface area (TPSA) is 108 Å². The van der Waals surface area contributed by atoms with Gasteiger partial charge in [-0.05, 0) is 37.0 Å². The van der Waals surface area contributed by atoms with Crippen molar-refractivity contribution in [2.45, 2.75) is 32.4 Å². The quantitative estimate of drug-likeness (QED) is 0.724. The molecule has 1 saturated heterocycles. The lowest BCUT2D eigenvalue weighted by Crippen LogP contribution is -2.35. The Morgan fingerprint density at radius 1 is 1.31 bits per heavy atom. The third-order valence-electron chi connectivity index (χ3n) is 4.36. The van der Waals surface area contributed by atoms with Gasteiger partial charge in [-0.25, -0.2) is 8.42 Å². The highest BCUT2D eigenvalue weighted by atomic mass is 32.2. The lowest BCUT2D eigenvalue weighted by Gasteiger charge is -2.15. The zero-order chi connectivity index (χ0) is 18.7. The van der Waals surface area contributed by atoms with Crippen molar-refractivity contribution in [1.29, 1.82) is 0 Å². The van der Waals surface area contributed by atoms with E-state index in [0.29, 0.717) is 17.9 Å². The molecule has 1 aromatic rings. The van der Waals surface area contributed by atoms with Gasteiger partial charge in [-0.1, -0.05) is 6.07 Å². The number of benzene rings is 1. The van der Waals surface area contributed by atoms with E-state index < -0.39 is 27.8 Å². The second-order valence-corrected chi connectivity index (χ2v) is 8.74.